The van der Waals surface area contributed by atoms with Crippen LogP contribution < -0.4 is 5.32 Å². The maximum Gasteiger partial charge on any atom is 0.226 e. The molecule has 174 valence electrons. The molecule has 1 aliphatic heterocycles. The summed E-state index contributed by atoms with van der Waals surface area (Å²) in [6.07, 6.45) is 4.59. The highest BCUT2D eigenvalue weighted by molar-refractivity contribution is 5.92. The van der Waals surface area contributed by atoms with Gasteiger partial charge in [-0.3, -0.25) is 9.69 Å². The number of hydrogen-bond donors (Lipinski definition) is 1. The van der Waals surface area contributed by atoms with E-state index in [0.717, 1.165) is 38.2 Å². The predicted molar refractivity (Wildman–Crippen MR) is 140 cm³/mol. The molecule has 4 aromatic rings. The summed E-state index contributed by atoms with van der Waals surface area (Å²) in [4.78, 5) is 14.7. The molecule has 0 saturated carbocycles. The van der Waals surface area contributed by atoms with E-state index in [-0.39, 0.29) is 11.8 Å². The summed E-state index contributed by atoms with van der Waals surface area (Å²) in [6, 6.07) is 27.7. The first kappa shape index (κ1) is 22.4. The Morgan fingerprint density at radius 3 is 2.44 bits per heavy atom. The van der Waals surface area contributed by atoms with Gasteiger partial charge in [-0.15, -0.1) is 0 Å². The number of anilines is 1. The number of carbonyl (C=O) groups is 1. The summed E-state index contributed by atoms with van der Waals surface area (Å²) in [5.74, 6) is 0.596. The van der Waals surface area contributed by atoms with Crippen LogP contribution in [0, 0.1) is 5.92 Å². The Bertz CT molecular complexity index is 1270. The summed E-state index contributed by atoms with van der Waals surface area (Å²) in [5, 5.41) is 4.38. The predicted octanol–water partition coefficient (Wildman–Crippen LogP) is 6.60. The third-order valence-electron chi connectivity index (χ3n) is 6.96. The van der Waals surface area contributed by atoms with Crippen LogP contribution in [0.5, 0.6) is 0 Å². The summed E-state index contributed by atoms with van der Waals surface area (Å²) in [6.45, 7) is 6.98. The van der Waals surface area contributed by atoms with E-state index >= 15 is 0 Å². The Hall–Kier alpha value is -3.37. The van der Waals surface area contributed by atoms with Crippen LogP contribution in [0.25, 0.3) is 16.6 Å². The van der Waals surface area contributed by atoms with E-state index in [2.05, 4.69) is 93.8 Å². The molecule has 1 N–H and O–H groups in total. The zero-order valence-corrected chi connectivity index (χ0v) is 20.1. The van der Waals surface area contributed by atoms with Crippen LogP contribution in [-0.4, -0.2) is 28.5 Å². The van der Waals surface area contributed by atoms with Crippen LogP contribution in [0.1, 0.15) is 43.7 Å². The highest BCUT2D eigenvalue weighted by Crippen LogP contribution is 2.32. The Balaban J connectivity index is 1.27. The van der Waals surface area contributed by atoms with Crippen molar-refractivity contribution in [3.05, 3.63) is 96.2 Å². The van der Waals surface area contributed by atoms with E-state index in [1.807, 2.05) is 19.9 Å². The van der Waals surface area contributed by atoms with Crippen molar-refractivity contribution in [1.29, 1.82) is 0 Å². The Labute approximate surface area is 202 Å². The van der Waals surface area contributed by atoms with Crippen molar-refractivity contribution < 1.29 is 4.79 Å². The molecule has 1 aliphatic rings. The van der Waals surface area contributed by atoms with Gasteiger partial charge in [-0.2, -0.15) is 0 Å². The highest BCUT2D eigenvalue weighted by atomic mass is 16.1. The van der Waals surface area contributed by atoms with Crippen LogP contribution in [0.2, 0.25) is 0 Å². The van der Waals surface area contributed by atoms with E-state index in [0.29, 0.717) is 5.92 Å². The molecule has 4 heteroatoms. The minimum atomic E-state index is -0.0141. The Morgan fingerprint density at radius 1 is 0.941 bits per heavy atom. The minimum Gasteiger partial charge on any atom is -0.326 e. The largest absolute Gasteiger partial charge is 0.326 e. The molecule has 3 aromatic carbocycles. The summed E-state index contributed by atoms with van der Waals surface area (Å²) >= 11 is 0. The number of nitrogens with zero attached hydrogens (tertiary/aromatic N) is 2. The molecule has 0 spiro atoms. The molecule has 0 bridgehead atoms. The average Bonchev–Trinajstić information content (AvgIpc) is 3.23. The van der Waals surface area contributed by atoms with Gasteiger partial charge in [0.15, 0.2) is 0 Å². The van der Waals surface area contributed by atoms with Crippen molar-refractivity contribution >= 4 is 22.5 Å². The lowest BCUT2D eigenvalue weighted by atomic mass is 9.89. The van der Waals surface area contributed by atoms with Crippen LogP contribution >= 0.6 is 0 Å². The van der Waals surface area contributed by atoms with Crippen molar-refractivity contribution in [2.45, 2.75) is 39.2 Å². The van der Waals surface area contributed by atoms with Gasteiger partial charge in [-0.25, -0.2) is 0 Å². The van der Waals surface area contributed by atoms with Gasteiger partial charge >= 0.3 is 0 Å². The first-order chi connectivity index (χ1) is 16.6. The van der Waals surface area contributed by atoms with Crippen molar-refractivity contribution in [3.8, 4) is 5.69 Å². The fourth-order valence-corrected chi connectivity index (χ4v) is 5.00. The molecule has 0 aliphatic carbocycles. The van der Waals surface area contributed by atoms with Gasteiger partial charge < -0.3 is 9.88 Å². The number of hydrogen-bond acceptors (Lipinski definition) is 2. The number of rotatable bonds is 6. The molecular formula is C30H33N3O. The normalized spacial score (nSPS) is 15.1. The smallest absolute Gasteiger partial charge is 0.226 e. The van der Waals surface area contributed by atoms with Gasteiger partial charge in [-0.05, 0) is 73.3 Å². The molecule has 34 heavy (non-hydrogen) atoms. The first-order valence-electron chi connectivity index (χ1n) is 12.4. The van der Waals surface area contributed by atoms with E-state index in [9.17, 15) is 4.79 Å². The highest BCUT2D eigenvalue weighted by Gasteiger charge is 2.22. The van der Waals surface area contributed by atoms with E-state index in [1.165, 1.54) is 27.7 Å². The number of carbonyl (C=O) groups excluding carboxylic acids is 1. The number of amides is 1. The van der Waals surface area contributed by atoms with Gasteiger partial charge in [0, 0.05) is 35.4 Å². The standard InChI is InChI=1S/C30H33N3O/c1-22(2)30(34)31-26-10-8-9-24(19-26)23-15-17-32(18-16-23)20-25-21-33(27-11-4-3-5-12-27)29-14-7-6-13-28(25)29/h3-14,19,21-23H,15-18,20H2,1-2H3,(H,31,34). The molecule has 0 unspecified atom stereocenters. The van der Waals surface area contributed by atoms with Crippen LogP contribution in [0.4, 0.5) is 5.69 Å². The van der Waals surface area contributed by atoms with Crippen LogP contribution in [-0.2, 0) is 11.3 Å². The lowest BCUT2D eigenvalue weighted by molar-refractivity contribution is -0.118. The van der Waals surface area contributed by atoms with E-state index in [4.69, 9.17) is 0 Å². The van der Waals surface area contributed by atoms with E-state index in [1.54, 1.807) is 0 Å². The van der Waals surface area contributed by atoms with Crippen molar-refractivity contribution in [3.63, 3.8) is 0 Å². The number of aromatic nitrogens is 1. The average molecular weight is 452 g/mol. The van der Waals surface area contributed by atoms with Crippen LogP contribution in [0.15, 0.2) is 85.1 Å². The third kappa shape index (κ3) is 4.78. The number of likely N-dealkylation sites (tertiary alicyclic amines) is 1. The second-order valence-corrected chi connectivity index (χ2v) is 9.70. The van der Waals surface area contributed by atoms with Crippen molar-refractivity contribution in [2.75, 3.05) is 18.4 Å². The monoisotopic (exact) mass is 451 g/mol. The molecular weight excluding hydrogens is 418 g/mol. The van der Waals surface area contributed by atoms with Crippen LogP contribution in [0.3, 0.4) is 0 Å². The van der Waals surface area contributed by atoms with Gasteiger partial charge in [0.1, 0.15) is 0 Å². The number of benzene rings is 3. The zero-order valence-electron chi connectivity index (χ0n) is 20.1. The number of nitrogens with one attached hydrogen (secondary N) is 1. The lowest BCUT2D eigenvalue weighted by Gasteiger charge is -2.32. The Kier molecular flexibility index (Phi) is 6.50. The quantitative estimate of drug-likeness (QED) is 0.358. The molecule has 1 aromatic heterocycles. The first-order valence-corrected chi connectivity index (χ1v) is 12.4. The molecule has 2 heterocycles. The zero-order chi connectivity index (χ0) is 23.5. The second-order valence-electron chi connectivity index (χ2n) is 9.70. The fraction of sp³-hybridized carbons (Fsp3) is 0.300. The summed E-state index contributed by atoms with van der Waals surface area (Å²) < 4.78 is 2.31. The van der Waals surface area contributed by atoms with Gasteiger partial charge in [0.25, 0.3) is 0 Å². The lowest BCUT2D eigenvalue weighted by Crippen LogP contribution is -2.32. The van der Waals surface area contributed by atoms with Crippen molar-refractivity contribution in [2.24, 2.45) is 5.92 Å². The summed E-state index contributed by atoms with van der Waals surface area (Å²) in [7, 11) is 0. The molecule has 4 nitrogen and oxygen atoms in total. The topological polar surface area (TPSA) is 37.3 Å². The molecule has 0 atom stereocenters. The number of piperidine rings is 1. The number of para-hydroxylation sites is 2. The molecule has 1 saturated heterocycles. The third-order valence-corrected chi connectivity index (χ3v) is 6.96. The second kappa shape index (κ2) is 9.86. The molecule has 1 fully saturated rings. The SMILES string of the molecule is CC(C)C(=O)Nc1cccc(C2CCN(Cc3cn(-c4ccccc4)c4ccccc34)CC2)c1. The van der Waals surface area contributed by atoms with E-state index < -0.39 is 0 Å². The molecule has 5 rings (SSSR count). The minimum absolute atomic E-state index is 0.0141. The van der Waals surface area contributed by atoms with Gasteiger partial charge in [-0.1, -0.05) is 62.4 Å². The van der Waals surface area contributed by atoms with Gasteiger partial charge in [0.05, 0.1) is 5.52 Å². The fourth-order valence-electron chi connectivity index (χ4n) is 5.00. The van der Waals surface area contributed by atoms with Gasteiger partial charge in [0.2, 0.25) is 5.91 Å². The maximum atomic E-state index is 12.1. The molecule has 0 radical (unpaired) electrons. The number of fused-ring (bicyclic) bond motifs is 1. The van der Waals surface area contributed by atoms with Crippen molar-refractivity contribution in [1.82, 2.24) is 9.47 Å². The molecule has 1 amide bonds. The maximum absolute atomic E-state index is 12.1. The Morgan fingerprint density at radius 2 is 1.68 bits per heavy atom. The summed E-state index contributed by atoms with van der Waals surface area (Å²) in [5.41, 5.74) is 6.09.